The third kappa shape index (κ3) is 5.65. The van der Waals surface area contributed by atoms with E-state index >= 15 is 0 Å². The molecule has 0 aliphatic rings. The summed E-state index contributed by atoms with van der Waals surface area (Å²) in [7, 11) is 1.98. The molecule has 0 bridgehead atoms. The van der Waals surface area contributed by atoms with Gasteiger partial charge in [0.05, 0.1) is 13.6 Å². The van der Waals surface area contributed by atoms with E-state index in [0.29, 0.717) is 6.54 Å². The molecule has 0 saturated carbocycles. The van der Waals surface area contributed by atoms with Crippen molar-refractivity contribution in [3.8, 4) is 0 Å². The fraction of sp³-hybridized carbons (Fsp3) is 0.250. The zero-order chi connectivity index (χ0) is 20.8. The normalized spacial score (nSPS) is 11.8. The molecule has 0 aromatic heterocycles. The lowest BCUT2D eigenvalue weighted by Crippen LogP contribution is -3.08. The molecule has 150 valence electrons. The van der Waals surface area contributed by atoms with Gasteiger partial charge in [0.25, 0.3) is 5.91 Å². The number of carbonyl (C=O) groups is 2. The number of nitrogens with one attached hydrogen (secondary N) is 3. The summed E-state index contributed by atoms with van der Waals surface area (Å²) in [5.41, 5.74) is 4.11. The number of amides is 2. The van der Waals surface area contributed by atoms with Gasteiger partial charge in [-0.05, 0) is 47.9 Å². The van der Waals surface area contributed by atoms with Gasteiger partial charge < -0.3 is 15.5 Å². The molecule has 0 radical (unpaired) electrons. The van der Waals surface area contributed by atoms with Crippen LogP contribution in [0.5, 0.6) is 0 Å². The molecule has 3 rings (SSSR count). The summed E-state index contributed by atoms with van der Waals surface area (Å²) in [6.07, 6.45) is 0. The number of likely N-dealkylation sites (N-methyl/N-ethyl adjacent to an activating group) is 1. The fourth-order valence-electron chi connectivity index (χ4n) is 3.36. The number of anilines is 1. The van der Waals surface area contributed by atoms with Gasteiger partial charge in [0.1, 0.15) is 6.54 Å². The molecule has 0 fully saturated rings. The van der Waals surface area contributed by atoms with E-state index in [1.807, 2.05) is 51.2 Å². The average Bonchev–Trinajstić information content (AvgIpc) is 2.70. The van der Waals surface area contributed by atoms with Gasteiger partial charge in [0.2, 0.25) is 5.91 Å². The third-order valence-electron chi connectivity index (χ3n) is 5.11. The molecule has 29 heavy (non-hydrogen) atoms. The Bertz CT molecular complexity index is 1030. The summed E-state index contributed by atoms with van der Waals surface area (Å²) in [6, 6.07) is 20.4. The Balaban J connectivity index is 1.46. The molecule has 2 amide bonds. The van der Waals surface area contributed by atoms with Crippen molar-refractivity contribution in [1.82, 2.24) is 5.32 Å². The SMILES string of the molecule is Cc1cccc(NC(=O)CNC(=O)C[NH+](C)Cc2ccc3ccccc3c2)c1C. The number of aryl methyl sites for hydroxylation is 1. The number of quaternary nitrogens is 1. The maximum Gasteiger partial charge on any atom is 0.275 e. The Kier molecular flexibility index (Phi) is 6.62. The van der Waals surface area contributed by atoms with E-state index in [-0.39, 0.29) is 18.4 Å². The first-order chi connectivity index (χ1) is 13.9. The van der Waals surface area contributed by atoms with Gasteiger partial charge in [0.15, 0.2) is 6.54 Å². The molecule has 5 heteroatoms. The first-order valence-corrected chi connectivity index (χ1v) is 9.84. The van der Waals surface area contributed by atoms with E-state index in [0.717, 1.165) is 28.3 Å². The van der Waals surface area contributed by atoms with Crippen molar-refractivity contribution >= 4 is 28.3 Å². The van der Waals surface area contributed by atoms with Crippen molar-refractivity contribution in [2.75, 3.05) is 25.5 Å². The van der Waals surface area contributed by atoms with E-state index in [4.69, 9.17) is 0 Å². The molecule has 3 N–H and O–H groups in total. The molecule has 0 aliphatic heterocycles. The molecule has 1 atom stereocenters. The minimum Gasteiger partial charge on any atom is -0.342 e. The number of benzene rings is 3. The van der Waals surface area contributed by atoms with Crippen LogP contribution in [-0.4, -0.2) is 32.0 Å². The average molecular weight is 391 g/mol. The number of rotatable bonds is 7. The van der Waals surface area contributed by atoms with Gasteiger partial charge in [-0.15, -0.1) is 0 Å². The van der Waals surface area contributed by atoms with Gasteiger partial charge in [-0.3, -0.25) is 9.59 Å². The van der Waals surface area contributed by atoms with E-state index in [2.05, 4.69) is 41.0 Å². The van der Waals surface area contributed by atoms with Crippen molar-refractivity contribution in [2.45, 2.75) is 20.4 Å². The molecule has 1 unspecified atom stereocenters. The largest absolute Gasteiger partial charge is 0.342 e. The van der Waals surface area contributed by atoms with Crippen molar-refractivity contribution in [3.63, 3.8) is 0 Å². The molecular formula is C24H28N3O2+. The van der Waals surface area contributed by atoms with Crippen molar-refractivity contribution < 1.29 is 14.5 Å². The zero-order valence-corrected chi connectivity index (χ0v) is 17.2. The van der Waals surface area contributed by atoms with Gasteiger partial charge in [-0.1, -0.05) is 48.5 Å². The molecule has 5 nitrogen and oxygen atoms in total. The van der Waals surface area contributed by atoms with E-state index in [1.165, 1.54) is 16.3 Å². The lowest BCUT2D eigenvalue weighted by molar-refractivity contribution is -0.885. The summed E-state index contributed by atoms with van der Waals surface area (Å²) in [5, 5.41) is 7.98. The van der Waals surface area contributed by atoms with Crippen LogP contribution in [0.3, 0.4) is 0 Å². The summed E-state index contributed by atoms with van der Waals surface area (Å²) in [5.74, 6) is -0.362. The Morgan fingerprint density at radius 2 is 1.66 bits per heavy atom. The maximum absolute atomic E-state index is 12.2. The van der Waals surface area contributed by atoms with E-state index in [1.54, 1.807) is 0 Å². The highest BCUT2D eigenvalue weighted by atomic mass is 16.2. The number of hydrogen-bond acceptors (Lipinski definition) is 2. The highest BCUT2D eigenvalue weighted by Crippen LogP contribution is 2.17. The predicted molar refractivity (Wildman–Crippen MR) is 117 cm³/mol. The van der Waals surface area contributed by atoms with Gasteiger partial charge in [-0.2, -0.15) is 0 Å². The fourth-order valence-corrected chi connectivity index (χ4v) is 3.36. The molecule has 0 aliphatic carbocycles. The van der Waals surface area contributed by atoms with Crippen LogP contribution in [0.2, 0.25) is 0 Å². The summed E-state index contributed by atoms with van der Waals surface area (Å²) < 4.78 is 0. The van der Waals surface area contributed by atoms with Crippen LogP contribution in [-0.2, 0) is 16.1 Å². The standard InChI is InChI=1S/C24H27N3O2/c1-17-7-6-10-22(18(17)2)26-23(28)14-25-24(29)16-27(3)15-19-11-12-20-8-4-5-9-21(20)13-19/h4-13H,14-16H2,1-3H3,(H,25,29)(H,26,28)/p+1. The van der Waals surface area contributed by atoms with Crippen LogP contribution in [0.1, 0.15) is 16.7 Å². The number of hydrogen-bond donors (Lipinski definition) is 3. The Morgan fingerprint density at radius 3 is 2.45 bits per heavy atom. The van der Waals surface area contributed by atoms with Crippen LogP contribution < -0.4 is 15.5 Å². The predicted octanol–water partition coefficient (Wildman–Crippen LogP) is 2.23. The smallest absolute Gasteiger partial charge is 0.275 e. The first-order valence-electron chi connectivity index (χ1n) is 9.84. The second-order valence-electron chi connectivity index (χ2n) is 7.56. The molecule has 3 aromatic rings. The lowest BCUT2D eigenvalue weighted by atomic mass is 10.1. The van der Waals surface area contributed by atoms with Crippen LogP contribution in [0, 0.1) is 13.8 Å². The van der Waals surface area contributed by atoms with Gasteiger partial charge >= 0.3 is 0 Å². The Hall–Kier alpha value is -3.18. The highest BCUT2D eigenvalue weighted by molar-refractivity contribution is 5.95. The third-order valence-corrected chi connectivity index (χ3v) is 5.11. The zero-order valence-electron chi connectivity index (χ0n) is 17.2. The van der Waals surface area contributed by atoms with E-state index in [9.17, 15) is 9.59 Å². The second-order valence-corrected chi connectivity index (χ2v) is 7.56. The van der Waals surface area contributed by atoms with Crippen LogP contribution >= 0.6 is 0 Å². The summed E-state index contributed by atoms with van der Waals surface area (Å²) in [4.78, 5) is 25.4. The quantitative estimate of drug-likeness (QED) is 0.579. The lowest BCUT2D eigenvalue weighted by Gasteiger charge is -2.15. The monoisotopic (exact) mass is 390 g/mol. The summed E-state index contributed by atoms with van der Waals surface area (Å²) in [6.45, 7) is 4.99. The number of carbonyl (C=O) groups excluding carboxylic acids is 2. The van der Waals surface area contributed by atoms with Crippen molar-refractivity contribution in [3.05, 3.63) is 77.4 Å². The molecular weight excluding hydrogens is 362 g/mol. The maximum atomic E-state index is 12.2. The van der Waals surface area contributed by atoms with Gasteiger partial charge in [-0.25, -0.2) is 0 Å². The van der Waals surface area contributed by atoms with Crippen LogP contribution in [0.4, 0.5) is 5.69 Å². The van der Waals surface area contributed by atoms with E-state index < -0.39 is 0 Å². The Labute approximate surface area is 171 Å². The minimum absolute atomic E-state index is 0.0323. The molecule has 3 aromatic carbocycles. The van der Waals surface area contributed by atoms with Crippen molar-refractivity contribution in [1.29, 1.82) is 0 Å². The van der Waals surface area contributed by atoms with Crippen molar-refractivity contribution in [2.24, 2.45) is 0 Å². The summed E-state index contributed by atoms with van der Waals surface area (Å²) >= 11 is 0. The van der Waals surface area contributed by atoms with Crippen LogP contribution in [0.15, 0.2) is 60.7 Å². The van der Waals surface area contributed by atoms with Gasteiger partial charge in [0, 0.05) is 11.3 Å². The Morgan fingerprint density at radius 1 is 0.897 bits per heavy atom. The molecule has 0 heterocycles. The topological polar surface area (TPSA) is 62.6 Å². The first kappa shape index (κ1) is 20.6. The highest BCUT2D eigenvalue weighted by Gasteiger charge is 2.13. The second kappa shape index (κ2) is 9.34. The van der Waals surface area contributed by atoms with Crippen LogP contribution in [0.25, 0.3) is 10.8 Å². The molecule has 0 saturated heterocycles. The minimum atomic E-state index is -0.223. The molecule has 0 spiro atoms. The number of fused-ring (bicyclic) bond motifs is 1.